The highest BCUT2D eigenvalue weighted by Gasteiger charge is 2.53. The van der Waals surface area contributed by atoms with Crippen LogP contribution in [-0.4, -0.2) is 68.4 Å². The Morgan fingerprint density at radius 2 is 2.03 bits per heavy atom. The molecule has 7 rings (SSSR count). The third kappa shape index (κ3) is 3.51. The van der Waals surface area contributed by atoms with E-state index in [0.717, 1.165) is 46.7 Å². The van der Waals surface area contributed by atoms with Gasteiger partial charge in [-0.05, 0) is 37.3 Å². The lowest BCUT2D eigenvalue weighted by molar-refractivity contribution is -0.0110. The van der Waals surface area contributed by atoms with Gasteiger partial charge in [-0.25, -0.2) is 13.9 Å². The summed E-state index contributed by atoms with van der Waals surface area (Å²) in [6.45, 7) is 5.23. The lowest BCUT2D eigenvalue weighted by Gasteiger charge is -2.60. The Morgan fingerprint density at radius 1 is 1.18 bits per heavy atom. The Hall–Kier alpha value is -4.18. The van der Waals surface area contributed by atoms with Crippen molar-refractivity contribution in [3.63, 3.8) is 0 Å². The lowest BCUT2D eigenvalue weighted by atomic mass is 9.72. The Kier molecular flexibility index (Phi) is 5.09. The van der Waals surface area contributed by atoms with Gasteiger partial charge in [0.15, 0.2) is 5.65 Å². The smallest absolute Gasteiger partial charge is 0.258 e. The quantitative estimate of drug-likeness (QED) is 0.361. The topological polar surface area (TPSA) is 91.6 Å². The number of fused-ring (bicyclic) bond motifs is 3. The summed E-state index contributed by atoms with van der Waals surface area (Å²) in [5.74, 6) is 0.659. The second kappa shape index (κ2) is 8.42. The number of benzene rings is 1. The average Bonchev–Trinajstić information content (AvgIpc) is 3.44. The molecule has 0 atom stereocenters. The first-order valence-corrected chi connectivity index (χ1v) is 12.8. The highest BCUT2D eigenvalue weighted by molar-refractivity contribution is 6.33. The number of pyridine rings is 2. The van der Waals surface area contributed by atoms with E-state index < -0.39 is 5.82 Å². The molecule has 5 aromatic rings. The number of aromatic amines is 1. The van der Waals surface area contributed by atoms with Gasteiger partial charge in [0.1, 0.15) is 17.4 Å². The van der Waals surface area contributed by atoms with Crippen molar-refractivity contribution >= 4 is 39.9 Å². The first-order valence-electron chi connectivity index (χ1n) is 12.4. The molecule has 1 aromatic carbocycles. The van der Waals surface area contributed by atoms with Crippen LogP contribution in [0.2, 0.25) is 5.02 Å². The Balaban J connectivity index is 1.08. The van der Waals surface area contributed by atoms with Crippen molar-refractivity contribution in [3.05, 3.63) is 71.4 Å². The monoisotopic (exact) mass is 531 g/mol. The second-order valence-electron chi connectivity index (χ2n) is 9.97. The minimum atomic E-state index is -0.587. The van der Waals surface area contributed by atoms with Crippen LogP contribution in [0.5, 0.6) is 5.75 Å². The number of likely N-dealkylation sites (tertiary alicyclic amines) is 1. The van der Waals surface area contributed by atoms with Crippen molar-refractivity contribution < 1.29 is 13.9 Å². The minimum absolute atomic E-state index is 0.0101. The van der Waals surface area contributed by atoms with E-state index in [4.69, 9.17) is 21.3 Å². The average molecular weight is 532 g/mol. The van der Waals surface area contributed by atoms with Crippen molar-refractivity contribution in [3.8, 4) is 16.9 Å². The molecule has 0 aliphatic carbocycles. The van der Waals surface area contributed by atoms with Crippen molar-refractivity contribution in [1.29, 1.82) is 0 Å². The van der Waals surface area contributed by atoms with Gasteiger partial charge in [0.25, 0.3) is 5.91 Å². The molecule has 2 saturated heterocycles. The van der Waals surface area contributed by atoms with Crippen LogP contribution >= 0.6 is 11.6 Å². The maximum atomic E-state index is 14.2. The van der Waals surface area contributed by atoms with Crippen LogP contribution in [0.1, 0.15) is 17.3 Å². The first-order chi connectivity index (χ1) is 18.4. The number of hydrogen-bond acceptors (Lipinski definition) is 6. The van der Waals surface area contributed by atoms with Crippen molar-refractivity contribution in [2.45, 2.75) is 6.92 Å². The molecule has 0 radical (unpaired) electrons. The van der Waals surface area contributed by atoms with Crippen LogP contribution in [0, 0.1) is 11.2 Å². The molecule has 38 heavy (non-hydrogen) atoms. The minimum Gasteiger partial charge on any atom is -0.492 e. The largest absolute Gasteiger partial charge is 0.492 e. The fourth-order valence-corrected chi connectivity index (χ4v) is 5.87. The maximum absolute atomic E-state index is 14.2. The molecular weight excluding hydrogens is 509 g/mol. The molecule has 11 heteroatoms. The number of amides is 1. The zero-order valence-electron chi connectivity index (χ0n) is 20.5. The number of anilines is 1. The summed E-state index contributed by atoms with van der Waals surface area (Å²) in [6.07, 6.45) is 5.50. The molecule has 4 aromatic heterocycles. The number of H-pyrrole nitrogens is 1. The van der Waals surface area contributed by atoms with Gasteiger partial charge >= 0.3 is 0 Å². The van der Waals surface area contributed by atoms with E-state index in [2.05, 4.69) is 20.2 Å². The number of hydrogen-bond donors (Lipinski definition) is 1. The van der Waals surface area contributed by atoms with Gasteiger partial charge in [0, 0.05) is 48.9 Å². The van der Waals surface area contributed by atoms with Crippen molar-refractivity contribution in [2.75, 3.05) is 37.7 Å². The second-order valence-corrected chi connectivity index (χ2v) is 10.4. The molecule has 2 fully saturated rings. The number of nitrogens with one attached hydrogen (secondary N) is 1. The molecule has 9 nitrogen and oxygen atoms in total. The van der Waals surface area contributed by atoms with Gasteiger partial charge in [-0.15, -0.1) is 5.10 Å². The van der Waals surface area contributed by atoms with E-state index in [-0.39, 0.29) is 21.9 Å². The molecule has 1 spiro atoms. The van der Waals surface area contributed by atoms with Gasteiger partial charge in [-0.1, -0.05) is 17.7 Å². The molecule has 2 aliphatic heterocycles. The summed E-state index contributed by atoms with van der Waals surface area (Å²) in [6, 6.07) is 10.4. The summed E-state index contributed by atoms with van der Waals surface area (Å²) in [5, 5.41) is 12.7. The molecule has 192 valence electrons. The third-order valence-corrected chi connectivity index (χ3v) is 7.68. The van der Waals surface area contributed by atoms with E-state index >= 15 is 0 Å². The fourth-order valence-electron chi connectivity index (χ4n) is 5.63. The Morgan fingerprint density at radius 3 is 2.76 bits per heavy atom. The summed E-state index contributed by atoms with van der Waals surface area (Å²) in [4.78, 5) is 21.4. The first kappa shape index (κ1) is 23.0. The Bertz CT molecular complexity index is 1680. The summed E-state index contributed by atoms with van der Waals surface area (Å²) >= 11 is 6.08. The van der Waals surface area contributed by atoms with Crippen molar-refractivity contribution in [2.24, 2.45) is 5.41 Å². The van der Waals surface area contributed by atoms with Crippen LogP contribution in [0.3, 0.4) is 0 Å². The van der Waals surface area contributed by atoms with Crippen LogP contribution in [0.15, 0.2) is 55.0 Å². The van der Waals surface area contributed by atoms with E-state index in [1.165, 1.54) is 18.2 Å². The predicted molar refractivity (Wildman–Crippen MR) is 141 cm³/mol. The highest BCUT2D eigenvalue weighted by atomic mass is 35.5. The summed E-state index contributed by atoms with van der Waals surface area (Å²) in [5.41, 5.74) is 3.51. The molecule has 1 N–H and O–H groups in total. The van der Waals surface area contributed by atoms with E-state index in [1.807, 2.05) is 42.0 Å². The summed E-state index contributed by atoms with van der Waals surface area (Å²) < 4.78 is 21.8. The van der Waals surface area contributed by atoms with E-state index in [9.17, 15) is 9.18 Å². The highest BCUT2D eigenvalue weighted by Crippen LogP contribution is 2.43. The maximum Gasteiger partial charge on any atom is 0.258 e. The number of ether oxygens (including phenoxy) is 1. The number of aromatic nitrogens is 5. The Labute approximate surface area is 221 Å². The van der Waals surface area contributed by atoms with Gasteiger partial charge in [-0.2, -0.15) is 5.10 Å². The normalized spacial score (nSPS) is 16.2. The SMILES string of the molecule is CCOc1cc(-c2ccc(N3CC4(CN(C(=O)c5c(F)cccc5Cl)C4)C3)nc2)c2c3cn[nH]c3nn2c1. The van der Waals surface area contributed by atoms with Gasteiger partial charge < -0.3 is 14.5 Å². The molecule has 0 saturated carbocycles. The zero-order valence-corrected chi connectivity index (χ0v) is 21.2. The standard InChI is InChI=1S/C27H23ClFN7O2/c1-2-38-17-8-18(24-19-10-31-32-25(19)33-36(24)11-17)16-6-7-22(30-9-16)34-12-27(13-34)14-35(15-27)26(37)23-20(28)4-3-5-21(23)29/h3-11H,2,12-15H2,1H3,(H,32,33). The molecule has 1 amide bonds. The molecule has 0 bridgehead atoms. The molecule has 0 unspecified atom stereocenters. The van der Waals surface area contributed by atoms with E-state index in [0.29, 0.717) is 25.3 Å². The third-order valence-electron chi connectivity index (χ3n) is 7.37. The number of halogens is 2. The summed E-state index contributed by atoms with van der Waals surface area (Å²) in [7, 11) is 0. The number of nitrogens with zero attached hydrogens (tertiary/aromatic N) is 6. The van der Waals surface area contributed by atoms with Crippen molar-refractivity contribution in [1.82, 2.24) is 29.7 Å². The predicted octanol–water partition coefficient (Wildman–Crippen LogP) is 4.43. The number of carbonyl (C=O) groups excluding carboxylic acids is 1. The number of rotatable bonds is 5. The molecule has 6 heterocycles. The number of carbonyl (C=O) groups is 1. The zero-order chi connectivity index (χ0) is 26.0. The molecule has 2 aliphatic rings. The molecular formula is C27H23ClFN7O2. The van der Waals surface area contributed by atoms with Gasteiger partial charge in [-0.3, -0.25) is 9.89 Å². The van der Waals surface area contributed by atoms with Crippen LogP contribution < -0.4 is 9.64 Å². The van der Waals surface area contributed by atoms with E-state index in [1.54, 1.807) is 11.1 Å². The van der Waals surface area contributed by atoms with Gasteiger partial charge in [0.2, 0.25) is 0 Å². The lowest BCUT2D eigenvalue weighted by Crippen LogP contribution is -2.73. The van der Waals surface area contributed by atoms with Gasteiger partial charge in [0.05, 0.1) is 40.5 Å². The van der Waals surface area contributed by atoms with Crippen LogP contribution in [-0.2, 0) is 0 Å². The van der Waals surface area contributed by atoms with Crippen LogP contribution in [0.4, 0.5) is 10.2 Å². The van der Waals surface area contributed by atoms with Crippen LogP contribution in [0.25, 0.3) is 27.7 Å². The fraction of sp³-hybridized carbons (Fsp3) is 0.259.